The smallest absolute Gasteiger partial charge is 0.400 e. The number of aliphatic hydroxyl groups is 1. The lowest BCUT2D eigenvalue weighted by molar-refractivity contribution is -0.133. The fourth-order valence-electron chi connectivity index (χ4n) is 2.42. The molecule has 7 heteroatoms. The van der Waals surface area contributed by atoms with E-state index >= 15 is 0 Å². The molecule has 1 N–H and O–H groups in total. The van der Waals surface area contributed by atoms with E-state index in [1.165, 1.54) is 17.9 Å². The summed E-state index contributed by atoms with van der Waals surface area (Å²) in [6, 6.07) is 8.52. The lowest BCUT2D eigenvalue weighted by Gasteiger charge is -2.06. The number of alkyl halides is 3. The van der Waals surface area contributed by atoms with Gasteiger partial charge in [0.25, 0.3) is 0 Å². The number of nitriles is 1. The van der Waals surface area contributed by atoms with Gasteiger partial charge in [-0.05, 0) is 29.6 Å². The highest BCUT2D eigenvalue weighted by Gasteiger charge is 2.35. The van der Waals surface area contributed by atoms with Gasteiger partial charge >= 0.3 is 6.18 Å². The Morgan fingerprint density at radius 2 is 1.77 bits per heavy atom. The number of halogens is 3. The fraction of sp³-hybridized carbons (Fsp3) is 0.316. The summed E-state index contributed by atoms with van der Waals surface area (Å²) in [5, 5.41) is 18.1. The number of benzene rings is 1. The molecule has 0 atom stereocenters. The fourth-order valence-corrected chi connectivity index (χ4v) is 3.20. The van der Waals surface area contributed by atoms with Crippen LogP contribution in [0.3, 0.4) is 0 Å². The first-order valence-electron chi connectivity index (χ1n) is 7.92. The van der Waals surface area contributed by atoms with E-state index in [9.17, 15) is 13.2 Å². The molecule has 1 aromatic carbocycles. The van der Waals surface area contributed by atoms with Crippen molar-refractivity contribution in [2.75, 3.05) is 7.11 Å². The molecule has 0 radical (unpaired) electrons. The monoisotopic (exact) mass is 382 g/mol. The van der Waals surface area contributed by atoms with Crippen LogP contribution in [-0.4, -0.2) is 16.8 Å². The first-order chi connectivity index (χ1) is 12.3. The summed E-state index contributed by atoms with van der Waals surface area (Å²) in [6.07, 6.45) is -1.46. The Labute approximate surface area is 154 Å². The van der Waals surface area contributed by atoms with Crippen molar-refractivity contribution in [1.82, 2.24) is 4.57 Å². The molecule has 0 bridgehead atoms. The van der Waals surface area contributed by atoms with Crippen molar-refractivity contribution in [3.8, 4) is 17.2 Å². The molecule has 140 valence electrons. The van der Waals surface area contributed by atoms with Crippen molar-refractivity contribution in [3.05, 3.63) is 46.3 Å². The van der Waals surface area contributed by atoms with E-state index in [-0.39, 0.29) is 5.56 Å². The zero-order chi connectivity index (χ0) is 19.9. The third-order valence-electron chi connectivity index (χ3n) is 3.33. The SMILES string of the molecule is CCC.CO.Cn1cc(-c2ccsc2C(F)(F)F)c2cc(C#N)ccc21. The first-order valence-corrected chi connectivity index (χ1v) is 8.80. The molecule has 0 aliphatic rings. The average molecular weight is 382 g/mol. The summed E-state index contributed by atoms with van der Waals surface area (Å²) in [5.74, 6) is 0. The number of aliphatic hydroxyl groups excluding tert-OH is 1. The summed E-state index contributed by atoms with van der Waals surface area (Å²) < 4.78 is 41.0. The molecule has 0 aliphatic heterocycles. The van der Waals surface area contributed by atoms with Crippen molar-refractivity contribution < 1.29 is 18.3 Å². The van der Waals surface area contributed by atoms with E-state index < -0.39 is 11.1 Å². The largest absolute Gasteiger partial charge is 0.426 e. The third kappa shape index (κ3) is 4.65. The van der Waals surface area contributed by atoms with Gasteiger partial charge in [0.1, 0.15) is 4.88 Å². The Bertz CT molecular complexity index is 888. The van der Waals surface area contributed by atoms with E-state index in [1.807, 2.05) is 6.07 Å². The van der Waals surface area contributed by atoms with Gasteiger partial charge < -0.3 is 9.67 Å². The Hall–Kier alpha value is -2.30. The number of rotatable bonds is 1. The summed E-state index contributed by atoms with van der Waals surface area (Å²) in [6.45, 7) is 4.25. The highest BCUT2D eigenvalue weighted by Crippen LogP contribution is 2.43. The molecule has 0 aliphatic carbocycles. The number of nitrogens with zero attached hydrogens (tertiary/aromatic N) is 2. The lowest BCUT2D eigenvalue weighted by atomic mass is 10.0. The molecule has 0 fully saturated rings. The Morgan fingerprint density at radius 1 is 1.15 bits per heavy atom. The van der Waals surface area contributed by atoms with Gasteiger partial charge in [0.2, 0.25) is 0 Å². The second-order valence-electron chi connectivity index (χ2n) is 5.37. The highest BCUT2D eigenvalue weighted by atomic mass is 32.1. The van der Waals surface area contributed by atoms with Crippen molar-refractivity contribution in [1.29, 1.82) is 5.26 Å². The van der Waals surface area contributed by atoms with Crippen LogP contribution in [0.25, 0.3) is 22.0 Å². The van der Waals surface area contributed by atoms with E-state index in [0.29, 0.717) is 27.8 Å². The molecule has 0 saturated carbocycles. The van der Waals surface area contributed by atoms with Crippen LogP contribution in [0.15, 0.2) is 35.8 Å². The van der Waals surface area contributed by atoms with Crippen molar-refractivity contribution in [2.45, 2.75) is 26.4 Å². The van der Waals surface area contributed by atoms with E-state index in [2.05, 4.69) is 13.8 Å². The number of fused-ring (bicyclic) bond motifs is 1. The maximum atomic E-state index is 13.1. The Balaban J connectivity index is 0.000000615. The van der Waals surface area contributed by atoms with Crippen LogP contribution in [0.5, 0.6) is 0 Å². The number of hydrogen-bond acceptors (Lipinski definition) is 3. The lowest BCUT2D eigenvalue weighted by Crippen LogP contribution is -2.03. The van der Waals surface area contributed by atoms with Gasteiger partial charge in [0, 0.05) is 42.4 Å². The van der Waals surface area contributed by atoms with Crippen molar-refractivity contribution in [2.24, 2.45) is 7.05 Å². The minimum atomic E-state index is -4.38. The Morgan fingerprint density at radius 3 is 2.31 bits per heavy atom. The molecule has 3 rings (SSSR count). The summed E-state index contributed by atoms with van der Waals surface area (Å²) >= 11 is 0.680. The molecular weight excluding hydrogens is 361 g/mol. The molecule has 2 heterocycles. The second kappa shape index (κ2) is 9.41. The van der Waals surface area contributed by atoms with Gasteiger partial charge in [-0.25, -0.2) is 0 Å². The predicted octanol–water partition coefficient (Wildman–Crippen LogP) is 5.82. The van der Waals surface area contributed by atoms with Crippen LogP contribution >= 0.6 is 11.3 Å². The molecule has 2 aromatic heterocycles. The average Bonchev–Trinajstić information content (AvgIpc) is 3.22. The van der Waals surface area contributed by atoms with Gasteiger partial charge in [0.05, 0.1) is 11.6 Å². The third-order valence-corrected chi connectivity index (χ3v) is 4.29. The van der Waals surface area contributed by atoms with Crippen LogP contribution < -0.4 is 0 Å². The number of thiophene rings is 1. The zero-order valence-electron chi connectivity index (χ0n) is 15.1. The second-order valence-corrected chi connectivity index (χ2v) is 6.28. The van der Waals surface area contributed by atoms with Gasteiger partial charge in [-0.15, -0.1) is 11.3 Å². The molecular formula is C19H21F3N2OS. The molecule has 3 nitrogen and oxygen atoms in total. The van der Waals surface area contributed by atoms with Gasteiger partial charge in [-0.2, -0.15) is 18.4 Å². The number of aromatic nitrogens is 1. The van der Waals surface area contributed by atoms with Crippen LogP contribution in [0, 0.1) is 11.3 Å². The zero-order valence-corrected chi connectivity index (χ0v) is 15.9. The van der Waals surface area contributed by atoms with Crippen LogP contribution in [-0.2, 0) is 13.2 Å². The van der Waals surface area contributed by atoms with Crippen LogP contribution in [0.2, 0.25) is 0 Å². The topological polar surface area (TPSA) is 49.0 Å². The molecule has 0 amide bonds. The van der Waals surface area contributed by atoms with Crippen molar-refractivity contribution >= 4 is 22.2 Å². The minimum absolute atomic E-state index is 0.160. The number of aryl methyl sites for hydroxylation is 1. The van der Waals surface area contributed by atoms with Crippen molar-refractivity contribution in [3.63, 3.8) is 0 Å². The normalized spacial score (nSPS) is 10.4. The Kier molecular flexibility index (Phi) is 7.87. The maximum absolute atomic E-state index is 13.1. The standard InChI is InChI=1S/C15H9F3N2S.C3H8.CH4O/c1-20-8-12(10-4-5-21-14(10)15(16,17)18)11-6-9(7-19)2-3-13(11)20;1-3-2;1-2/h2-6,8H,1H3;3H2,1-2H3;2H,1H3. The van der Waals surface area contributed by atoms with Crippen LogP contribution in [0.1, 0.15) is 30.7 Å². The minimum Gasteiger partial charge on any atom is -0.400 e. The van der Waals surface area contributed by atoms with Crippen LogP contribution in [0.4, 0.5) is 13.2 Å². The maximum Gasteiger partial charge on any atom is 0.426 e. The molecule has 0 unspecified atom stereocenters. The first kappa shape index (κ1) is 21.7. The molecule has 3 aromatic rings. The summed E-state index contributed by atoms with van der Waals surface area (Å²) in [7, 11) is 2.78. The predicted molar refractivity (Wildman–Crippen MR) is 100 cm³/mol. The molecule has 26 heavy (non-hydrogen) atoms. The van der Waals surface area contributed by atoms with Gasteiger partial charge in [-0.1, -0.05) is 20.3 Å². The van der Waals surface area contributed by atoms with Gasteiger partial charge in [0.15, 0.2) is 0 Å². The summed E-state index contributed by atoms with van der Waals surface area (Å²) in [5.41, 5.74) is 1.88. The molecule has 0 saturated heterocycles. The van der Waals surface area contributed by atoms with E-state index in [0.717, 1.165) is 12.6 Å². The van der Waals surface area contributed by atoms with E-state index in [1.54, 1.807) is 36.0 Å². The van der Waals surface area contributed by atoms with E-state index in [4.69, 9.17) is 10.4 Å². The van der Waals surface area contributed by atoms with Gasteiger partial charge in [-0.3, -0.25) is 0 Å². The molecule has 0 spiro atoms. The quantitative estimate of drug-likeness (QED) is 0.576. The highest BCUT2D eigenvalue weighted by molar-refractivity contribution is 7.10. The number of hydrogen-bond donors (Lipinski definition) is 1. The summed E-state index contributed by atoms with van der Waals surface area (Å²) in [4.78, 5) is -0.614.